The molecule has 29 heavy (non-hydrogen) atoms. The second-order valence-corrected chi connectivity index (χ2v) is 6.91. The Bertz CT molecular complexity index is 1140. The molecular weight excluding hydrogens is 379 g/mol. The van der Waals surface area contributed by atoms with Crippen molar-refractivity contribution in [3.05, 3.63) is 83.0 Å². The Hall–Kier alpha value is -3.87. The standard InChI is InChI=1S/C22H13FO6/c23-20(26)11-1-5-14-15(6-2-11)22(29-21(14)27)16-7-3-12(24)9-18(16)28-19-10-13(25)4-8-17(19)22/h1-11,24-25H. The number of ether oxygens (including phenoxy) is 2. The van der Waals surface area contributed by atoms with Crippen LogP contribution in [0.2, 0.25) is 0 Å². The summed E-state index contributed by atoms with van der Waals surface area (Å²) in [6.45, 7) is 0. The van der Waals surface area contributed by atoms with E-state index in [9.17, 15) is 24.2 Å². The van der Waals surface area contributed by atoms with Crippen molar-refractivity contribution in [2.45, 2.75) is 5.60 Å². The molecule has 3 aliphatic rings. The summed E-state index contributed by atoms with van der Waals surface area (Å²) in [7, 11) is 0. The van der Waals surface area contributed by atoms with Gasteiger partial charge in [0.05, 0.1) is 11.5 Å². The number of esters is 1. The number of fused-ring (bicyclic) bond motifs is 5. The fourth-order valence-electron chi connectivity index (χ4n) is 3.97. The van der Waals surface area contributed by atoms with Gasteiger partial charge in [-0.25, -0.2) is 4.79 Å². The number of allylic oxidation sites excluding steroid dienone is 2. The van der Waals surface area contributed by atoms with E-state index >= 15 is 0 Å². The highest BCUT2D eigenvalue weighted by atomic mass is 19.1. The number of carbonyl (C=O) groups excluding carboxylic acids is 2. The average Bonchev–Trinajstić information content (AvgIpc) is 2.82. The van der Waals surface area contributed by atoms with Crippen LogP contribution in [0.15, 0.2) is 71.8 Å². The van der Waals surface area contributed by atoms with Crippen molar-refractivity contribution in [2.75, 3.05) is 0 Å². The highest BCUT2D eigenvalue weighted by molar-refractivity contribution is 5.99. The van der Waals surface area contributed by atoms with Crippen LogP contribution in [0.5, 0.6) is 23.0 Å². The summed E-state index contributed by atoms with van der Waals surface area (Å²) in [5.41, 5.74) is 0.0608. The second-order valence-electron chi connectivity index (χ2n) is 6.91. The molecule has 0 saturated carbocycles. The van der Waals surface area contributed by atoms with E-state index in [4.69, 9.17) is 9.47 Å². The Morgan fingerprint density at radius 2 is 1.55 bits per heavy atom. The highest BCUT2D eigenvalue weighted by Crippen LogP contribution is 2.57. The smallest absolute Gasteiger partial charge is 0.340 e. The van der Waals surface area contributed by atoms with E-state index < -0.39 is 23.5 Å². The molecule has 0 radical (unpaired) electrons. The summed E-state index contributed by atoms with van der Waals surface area (Å²) in [6.07, 6.45) is 5.54. The number of hydrogen-bond acceptors (Lipinski definition) is 6. The number of phenols is 2. The molecule has 0 amide bonds. The SMILES string of the molecule is O=C1OC2(C3=C1C=CC(C(=O)F)C=C3)c1ccc(O)cc1Oc1cc(O)ccc12. The van der Waals surface area contributed by atoms with Gasteiger partial charge < -0.3 is 19.7 Å². The first-order valence-corrected chi connectivity index (χ1v) is 8.79. The van der Waals surface area contributed by atoms with Gasteiger partial charge in [0.15, 0.2) is 5.60 Å². The quantitative estimate of drug-likeness (QED) is 0.570. The zero-order valence-corrected chi connectivity index (χ0v) is 14.8. The zero-order valence-electron chi connectivity index (χ0n) is 14.8. The Morgan fingerprint density at radius 1 is 0.966 bits per heavy atom. The largest absolute Gasteiger partial charge is 0.508 e. The van der Waals surface area contributed by atoms with E-state index in [0.29, 0.717) is 16.7 Å². The second kappa shape index (κ2) is 5.81. The average molecular weight is 392 g/mol. The molecule has 1 atom stereocenters. The number of benzene rings is 2. The molecule has 2 aromatic carbocycles. The van der Waals surface area contributed by atoms with Crippen LogP contribution < -0.4 is 4.74 Å². The number of carbonyl (C=O) groups is 2. The lowest BCUT2D eigenvalue weighted by Gasteiger charge is -2.37. The molecule has 1 unspecified atom stereocenters. The van der Waals surface area contributed by atoms with Crippen molar-refractivity contribution in [1.82, 2.24) is 0 Å². The molecule has 2 heterocycles. The van der Waals surface area contributed by atoms with Crippen molar-refractivity contribution in [1.29, 1.82) is 0 Å². The Labute approximate surface area is 163 Å². The summed E-state index contributed by atoms with van der Waals surface area (Å²) in [6, 6.07) is 7.23. The van der Waals surface area contributed by atoms with E-state index in [1.165, 1.54) is 48.6 Å². The van der Waals surface area contributed by atoms with Crippen LogP contribution in [-0.2, 0) is 19.9 Å². The maximum Gasteiger partial charge on any atom is 0.340 e. The monoisotopic (exact) mass is 392 g/mol. The fraction of sp³-hybridized carbons (Fsp3) is 0.0909. The first kappa shape index (κ1) is 17.2. The van der Waals surface area contributed by atoms with Gasteiger partial charge in [-0.15, -0.1) is 0 Å². The predicted octanol–water partition coefficient (Wildman–Crippen LogP) is 3.54. The summed E-state index contributed by atoms with van der Waals surface area (Å²) >= 11 is 0. The molecule has 0 fully saturated rings. The van der Waals surface area contributed by atoms with Gasteiger partial charge >= 0.3 is 12.0 Å². The van der Waals surface area contributed by atoms with Crippen molar-refractivity contribution in [3.8, 4) is 23.0 Å². The maximum atomic E-state index is 13.3. The van der Waals surface area contributed by atoms with E-state index in [1.54, 1.807) is 12.1 Å². The van der Waals surface area contributed by atoms with E-state index in [-0.39, 0.29) is 28.6 Å². The van der Waals surface area contributed by atoms with Gasteiger partial charge in [0.1, 0.15) is 23.0 Å². The summed E-state index contributed by atoms with van der Waals surface area (Å²) in [5, 5.41) is 19.8. The van der Waals surface area contributed by atoms with Crippen LogP contribution in [0.25, 0.3) is 0 Å². The Balaban J connectivity index is 1.82. The lowest BCUT2D eigenvalue weighted by atomic mass is 9.77. The molecule has 0 bridgehead atoms. The number of rotatable bonds is 1. The lowest BCUT2D eigenvalue weighted by molar-refractivity contribution is -0.145. The van der Waals surface area contributed by atoms with Gasteiger partial charge in [-0.05, 0) is 24.3 Å². The first-order valence-electron chi connectivity index (χ1n) is 8.79. The normalized spacial score (nSPS) is 20.4. The minimum absolute atomic E-state index is 0.0552. The molecule has 2 aliphatic heterocycles. The first-order chi connectivity index (χ1) is 13.9. The molecule has 144 valence electrons. The van der Waals surface area contributed by atoms with Crippen molar-refractivity contribution in [2.24, 2.45) is 5.92 Å². The summed E-state index contributed by atoms with van der Waals surface area (Å²) in [5.74, 6) is -1.38. The lowest BCUT2D eigenvalue weighted by Crippen LogP contribution is -2.33. The van der Waals surface area contributed by atoms with E-state index in [2.05, 4.69) is 0 Å². The molecule has 1 spiro atoms. The summed E-state index contributed by atoms with van der Waals surface area (Å²) in [4.78, 5) is 24.0. The van der Waals surface area contributed by atoms with Gasteiger partial charge in [0.25, 0.3) is 0 Å². The molecule has 6 nitrogen and oxygen atoms in total. The van der Waals surface area contributed by atoms with Crippen LogP contribution >= 0.6 is 0 Å². The molecule has 2 aromatic rings. The molecule has 1 aliphatic carbocycles. The van der Waals surface area contributed by atoms with Crippen molar-refractivity contribution in [3.63, 3.8) is 0 Å². The van der Waals surface area contributed by atoms with Gasteiger partial charge in [-0.2, -0.15) is 4.39 Å². The minimum atomic E-state index is -1.54. The molecular formula is C22H13FO6. The number of halogens is 1. The Kier molecular flexibility index (Phi) is 3.46. The topological polar surface area (TPSA) is 93.1 Å². The molecule has 2 N–H and O–H groups in total. The summed E-state index contributed by atoms with van der Waals surface area (Å²) < 4.78 is 25.0. The third kappa shape index (κ3) is 2.34. The van der Waals surface area contributed by atoms with Crippen molar-refractivity contribution < 1.29 is 33.7 Å². The fourth-order valence-corrected chi connectivity index (χ4v) is 3.97. The van der Waals surface area contributed by atoms with Gasteiger partial charge in [0.2, 0.25) is 0 Å². The van der Waals surface area contributed by atoms with Crippen molar-refractivity contribution >= 4 is 12.0 Å². The minimum Gasteiger partial charge on any atom is -0.508 e. The van der Waals surface area contributed by atoms with Gasteiger partial charge in [0, 0.05) is 28.8 Å². The number of hydrogen-bond donors (Lipinski definition) is 2. The highest BCUT2D eigenvalue weighted by Gasteiger charge is 2.54. The van der Waals surface area contributed by atoms with E-state index in [1.807, 2.05) is 0 Å². The van der Waals surface area contributed by atoms with Gasteiger partial charge in [-0.1, -0.05) is 24.3 Å². The predicted molar refractivity (Wildman–Crippen MR) is 98.1 cm³/mol. The molecule has 7 heteroatoms. The van der Waals surface area contributed by atoms with Gasteiger partial charge in [-0.3, -0.25) is 4.79 Å². The zero-order chi connectivity index (χ0) is 20.3. The maximum absolute atomic E-state index is 13.3. The molecule has 0 saturated heterocycles. The van der Waals surface area contributed by atoms with Crippen LogP contribution in [-0.4, -0.2) is 22.2 Å². The third-order valence-electron chi connectivity index (χ3n) is 5.25. The van der Waals surface area contributed by atoms with Crippen LogP contribution in [0.3, 0.4) is 0 Å². The third-order valence-corrected chi connectivity index (χ3v) is 5.25. The number of aromatic hydroxyl groups is 2. The van der Waals surface area contributed by atoms with E-state index in [0.717, 1.165) is 0 Å². The number of phenolic OH excluding ortho intramolecular Hbond substituents is 2. The van der Waals surface area contributed by atoms with Crippen LogP contribution in [0, 0.1) is 5.92 Å². The molecule has 0 aromatic heterocycles. The molecule has 5 rings (SSSR count). The van der Waals surface area contributed by atoms with Crippen LogP contribution in [0.4, 0.5) is 4.39 Å². The van der Waals surface area contributed by atoms with Crippen LogP contribution in [0.1, 0.15) is 11.1 Å². The Morgan fingerprint density at radius 3 is 2.14 bits per heavy atom.